The van der Waals surface area contributed by atoms with E-state index >= 15 is 0 Å². The molecule has 0 aromatic carbocycles. The van der Waals surface area contributed by atoms with Crippen LogP contribution in [0.3, 0.4) is 0 Å². The summed E-state index contributed by atoms with van der Waals surface area (Å²) in [4.78, 5) is 9.02. The summed E-state index contributed by atoms with van der Waals surface area (Å²) in [6.07, 6.45) is 1.98. The van der Waals surface area contributed by atoms with Crippen molar-refractivity contribution in [3.8, 4) is 0 Å². The second kappa shape index (κ2) is 5.48. The zero-order chi connectivity index (χ0) is 12.4. The maximum Gasteiger partial charge on any atom is 0.140 e. The van der Waals surface area contributed by atoms with Gasteiger partial charge < -0.3 is 10.5 Å². The van der Waals surface area contributed by atoms with E-state index in [1.54, 1.807) is 0 Å². The summed E-state index contributed by atoms with van der Waals surface area (Å²) in [5.41, 5.74) is 7.01. The van der Waals surface area contributed by atoms with Gasteiger partial charge in [-0.1, -0.05) is 13.8 Å². The van der Waals surface area contributed by atoms with Crippen molar-refractivity contribution in [2.75, 3.05) is 18.9 Å². The van der Waals surface area contributed by atoms with Crippen molar-refractivity contribution in [2.24, 2.45) is 5.92 Å². The third kappa shape index (κ3) is 3.07. The second-order valence-electron chi connectivity index (χ2n) is 4.81. The van der Waals surface area contributed by atoms with Crippen molar-refractivity contribution in [1.29, 1.82) is 0 Å². The van der Waals surface area contributed by atoms with Gasteiger partial charge in [0.15, 0.2) is 0 Å². The van der Waals surface area contributed by atoms with Gasteiger partial charge in [0.05, 0.1) is 9.26 Å². The van der Waals surface area contributed by atoms with Gasteiger partial charge >= 0.3 is 0 Å². The minimum absolute atomic E-state index is 0.380. The van der Waals surface area contributed by atoms with E-state index in [1.165, 1.54) is 0 Å². The van der Waals surface area contributed by atoms with E-state index in [9.17, 15) is 0 Å². The lowest BCUT2D eigenvalue weighted by molar-refractivity contribution is 0.185. The highest BCUT2D eigenvalue weighted by Crippen LogP contribution is 2.25. The Morgan fingerprint density at radius 3 is 2.82 bits per heavy atom. The fourth-order valence-electron chi connectivity index (χ4n) is 2.01. The molecule has 17 heavy (non-hydrogen) atoms. The van der Waals surface area contributed by atoms with E-state index in [2.05, 4.69) is 46.4 Å². The molecule has 1 aromatic heterocycles. The fourth-order valence-corrected chi connectivity index (χ4v) is 2.87. The topological polar surface area (TPSA) is 61.0 Å². The second-order valence-corrected chi connectivity index (χ2v) is 5.89. The predicted molar refractivity (Wildman–Crippen MR) is 75.9 cm³/mol. The van der Waals surface area contributed by atoms with Crippen LogP contribution < -0.4 is 5.73 Å². The van der Waals surface area contributed by atoms with Crippen LogP contribution in [0.25, 0.3) is 0 Å². The van der Waals surface area contributed by atoms with Crippen molar-refractivity contribution < 1.29 is 4.74 Å². The third-order valence-corrected chi connectivity index (χ3v) is 4.10. The zero-order valence-electron chi connectivity index (χ0n) is 10.2. The molecule has 0 bridgehead atoms. The van der Waals surface area contributed by atoms with E-state index < -0.39 is 0 Å². The number of nitrogen functional groups attached to an aromatic ring is 1. The highest BCUT2D eigenvalue weighted by atomic mass is 127. The first-order valence-electron chi connectivity index (χ1n) is 5.97. The van der Waals surface area contributed by atoms with Crippen molar-refractivity contribution in [1.82, 2.24) is 9.97 Å². The van der Waals surface area contributed by atoms with Crippen LogP contribution in [-0.2, 0) is 11.2 Å². The van der Waals surface area contributed by atoms with Crippen LogP contribution >= 0.6 is 22.6 Å². The summed E-state index contributed by atoms with van der Waals surface area (Å²) in [5.74, 6) is 2.40. The number of ether oxygens (including phenoxy) is 1. The summed E-state index contributed by atoms with van der Waals surface area (Å²) in [6.45, 7) is 5.95. The molecule has 5 heteroatoms. The Balaban J connectivity index is 2.22. The number of nitrogens with zero attached hydrogens (tertiary/aromatic N) is 2. The SMILES string of the molecule is CC(C)c1nc(CC2CCOC2)nc(N)c1I. The Labute approximate surface area is 115 Å². The molecule has 2 heterocycles. The van der Waals surface area contributed by atoms with E-state index in [-0.39, 0.29) is 0 Å². The van der Waals surface area contributed by atoms with Crippen molar-refractivity contribution in [3.63, 3.8) is 0 Å². The molecular formula is C12H18IN3O. The van der Waals surface area contributed by atoms with Gasteiger partial charge in [-0.2, -0.15) is 0 Å². The number of rotatable bonds is 3. The monoisotopic (exact) mass is 347 g/mol. The lowest BCUT2D eigenvalue weighted by Crippen LogP contribution is -2.12. The van der Waals surface area contributed by atoms with Crippen LogP contribution in [0.1, 0.15) is 37.7 Å². The average molecular weight is 347 g/mol. The summed E-state index contributed by atoms with van der Waals surface area (Å²) in [6, 6.07) is 0. The third-order valence-electron chi connectivity index (χ3n) is 2.99. The number of nitrogens with two attached hydrogens (primary N) is 1. The maximum absolute atomic E-state index is 5.94. The quantitative estimate of drug-likeness (QED) is 0.853. The van der Waals surface area contributed by atoms with Gasteiger partial charge in [0.1, 0.15) is 11.6 Å². The Hall–Kier alpha value is -0.430. The molecule has 1 aliphatic heterocycles. The first kappa shape index (κ1) is 13.0. The summed E-state index contributed by atoms with van der Waals surface area (Å²) in [7, 11) is 0. The highest BCUT2D eigenvalue weighted by Gasteiger charge is 2.19. The number of hydrogen-bond donors (Lipinski definition) is 1. The number of hydrogen-bond acceptors (Lipinski definition) is 4. The molecule has 0 saturated carbocycles. The Bertz CT molecular complexity index is 403. The molecule has 1 fully saturated rings. The molecule has 1 saturated heterocycles. The standard InChI is InChI=1S/C12H18IN3O/c1-7(2)11-10(13)12(14)16-9(15-11)5-8-3-4-17-6-8/h7-8H,3-6H2,1-2H3,(H2,14,15,16). The van der Waals surface area contributed by atoms with E-state index in [0.29, 0.717) is 17.7 Å². The molecule has 0 amide bonds. The van der Waals surface area contributed by atoms with Crippen LogP contribution in [0.4, 0.5) is 5.82 Å². The van der Waals surface area contributed by atoms with E-state index in [0.717, 1.165) is 41.1 Å². The van der Waals surface area contributed by atoms with E-state index in [1.807, 2.05) is 0 Å². The summed E-state index contributed by atoms with van der Waals surface area (Å²) in [5, 5.41) is 0. The number of anilines is 1. The van der Waals surface area contributed by atoms with Crippen LogP contribution in [0.5, 0.6) is 0 Å². The molecule has 1 aliphatic rings. The van der Waals surface area contributed by atoms with Gasteiger partial charge in [-0.3, -0.25) is 0 Å². The Kier molecular flexibility index (Phi) is 4.19. The molecule has 0 radical (unpaired) electrons. The average Bonchev–Trinajstić information content (AvgIpc) is 2.75. The summed E-state index contributed by atoms with van der Waals surface area (Å²) < 4.78 is 6.36. The Morgan fingerprint density at radius 1 is 1.47 bits per heavy atom. The number of aromatic nitrogens is 2. The fraction of sp³-hybridized carbons (Fsp3) is 0.667. The molecule has 1 aromatic rings. The molecule has 1 atom stereocenters. The Morgan fingerprint density at radius 2 is 2.24 bits per heavy atom. The molecule has 2 N–H and O–H groups in total. The molecule has 4 nitrogen and oxygen atoms in total. The van der Waals surface area contributed by atoms with Crippen LogP contribution in [0.15, 0.2) is 0 Å². The van der Waals surface area contributed by atoms with Crippen molar-refractivity contribution in [3.05, 3.63) is 15.1 Å². The van der Waals surface area contributed by atoms with Gasteiger partial charge in [-0.05, 0) is 40.8 Å². The van der Waals surface area contributed by atoms with Crippen LogP contribution in [0.2, 0.25) is 0 Å². The van der Waals surface area contributed by atoms with Gasteiger partial charge in [0, 0.05) is 19.6 Å². The molecule has 94 valence electrons. The highest BCUT2D eigenvalue weighted by molar-refractivity contribution is 14.1. The van der Waals surface area contributed by atoms with Gasteiger partial charge in [0.2, 0.25) is 0 Å². The van der Waals surface area contributed by atoms with Crippen molar-refractivity contribution >= 4 is 28.4 Å². The molecule has 1 unspecified atom stereocenters. The van der Waals surface area contributed by atoms with Crippen LogP contribution in [-0.4, -0.2) is 23.2 Å². The smallest absolute Gasteiger partial charge is 0.140 e. The molecule has 2 rings (SSSR count). The zero-order valence-corrected chi connectivity index (χ0v) is 12.4. The minimum atomic E-state index is 0.380. The largest absolute Gasteiger partial charge is 0.383 e. The first-order valence-corrected chi connectivity index (χ1v) is 7.05. The maximum atomic E-state index is 5.94. The van der Waals surface area contributed by atoms with Crippen molar-refractivity contribution in [2.45, 2.75) is 32.6 Å². The molecule has 0 aliphatic carbocycles. The van der Waals surface area contributed by atoms with Gasteiger partial charge in [-0.25, -0.2) is 9.97 Å². The summed E-state index contributed by atoms with van der Waals surface area (Å²) >= 11 is 2.23. The first-order chi connectivity index (χ1) is 8.08. The lowest BCUT2D eigenvalue weighted by atomic mass is 10.0. The molecular weight excluding hydrogens is 329 g/mol. The normalized spacial score (nSPS) is 20.1. The number of halogens is 1. The van der Waals surface area contributed by atoms with Gasteiger partial charge in [0.25, 0.3) is 0 Å². The lowest BCUT2D eigenvalue weighted by Gasteiger charge is -2.13. The van der Waals surface area contributed by atoms with E-state index in [4.69, 9.17) is 10.5 Å². The van der Waals surface area contributed by atoms with Crippen LogP contribution in [0, 0.1) is 9.49 Å². The minimum Gasteiger partial charge on any atom is -0.383 e. The molecule has 0 spiro atoms. The predicted octanol–water partition coefficient (Wildman–Crippen LogP) is 2.37. The van der Waals surface area contributed by atoms with Gasteiger partial charge in [-0.15, -0.1) is 0 Å².